The largest absolute Gasteiger partial charge is 0.488 e. The van der Waals surface area contributed by atoms with Gasteiger partial charge in [-0.2, -0.15) is 13.2 Å². The number of carbonyl (C=O) groups is 1. The molecule has 4 rings (SSSR count). The van der Waals surface area contributed by atoms with E-state index in [0.29, 0.717) is 11.5 Å². The number of rotatable bonds is 2. The number of halogens is 3. The maximum absolute atomic E-state index is 13.0. The quantitative estimate of drug-likeness (QED) is 0.651. The van der Waals surface area contributed by atoms with Crippen LogP contribution in [-0.4, -0.2) is 24.2 Å². The Morgan fingerprint density at radius 1 is 1.17 bits per heavy atom. The van der Waals surface area contributed by atoms with Crippen molar-refractivity contribution in [1.82, 2.24) is 4.98 Å². The molecule has 1 aromatic carbocycles. The van der Waals surface area contributed by atoms with Gasteiger partial charge in [-0.05, 0) is 30.3 Å². The molecule has 0 saturated heterocycles. The topological polar surface area (TPSA) is 65.8 Å². The number of anilines is 1. The van der Waals surface area contributed by atoms with Crippen molar-refractivity contribution >= 4 is 11.9 Å². The Bertz CT molecular complexity index is 1040. The first kappa shape index (κ1) is 18.7. The molecule has 0 aliphatic carbocycles. The molecule has 1 aliphatic rings. The summed E-state index contributed by atoms with van der Waals surface area (Å²) >= 11 is 0. The van der Waals surface area contributed by atoms with Crippen LogP contribution in [0.3, 0.4) is 0 Å². The molecule has 0 bridgehead atoms. The van der Waals surface area contributed by atoms with E-state index in [9.17, 15) is 18.0 Å². The Hall–Kier alpha value is -3.62. The maximum atomic E-state index is 13.0. The van der Waals surface area contributed by atoms with Gasteiger partial charge >= 0.3 is 12.3 Å². The summed E-state index contributed by atoms with van der Waals surface area (Å²) in [6.45, 7) is 0.440. The third-order valence-electron chi connectivity index (χ3n) is 4.26. The van der Waals surface area contributed by atoms with Gasteiger partial charge < -0.3 is 9.47 Å². The highest BCUT2D eigenvalue weighted by atomic mass is 19.4. The minimum absolute atomic E-state index is 0.191. The van der Waals surface area contributed by atoms with E-state index >= 15 is 0 Å². The number of nitrogens with one attached hydrogen (secondary N) is 1. The number of H-pyrrole nitrogens is 1. The van der Waals surface area contributed by atoms with E-state index in [4.69, 9.17) is 9.47 Å². The molecule has 9 heteroatoms. The highest BCUT2D eigenvalue weighted by Gasteiger charge is 2.31. The lowest BCUT2D eigenvalue weighted by atomic mass is 10.1. The molecule has 6 nitrogen and oxygen atoms in total. The van der Waals surface area contributed by atoms with Crippen LogP contribution in [0.2, 0.25) is 0 Å². The average molecular weight is 402 g/mol. The fourth-order valence-corrected chi connectivity index (χ4v) is 2.88. The van der Waals surface area contributed by atoms with Crippen molar-refractivity contribution in [1.29, 1.82) is 0 Å². The summed E-state index contributed by atoms with van der Waals surface area (Å²) in [4.78, 5) is 21.1. The fourth-order valence-electron chi connectivity index (χ4n) is 2.88. The van der Waals surface area contributed by atoms with Crippen molar-refractivity contribution in [2.75, 3.05) is 18.1 Å². The van der Waals surface area contributed by atoms with Gasteiger partial charge in [0.15, 0.2) is 23.5 Å². The Morgan fingerprint density at radius 2 is 2.03 bits per heavy atom. The van der Waals surface area contributed by atoms with E-state index in [1.165, 1.54) is 23.2 Å². The Labute approximate surface area is 163 Å². The van der Waals surface area contributed by atoms with E-state index in [2.05, 4.69) is 9.97 Å². The van der Waals surface area contributed by atoms with E-state index in [1.54, 1.807) is 30.5 Å². The molecule has 3 heterocycles. The Balaban J connectivity index is 1.66. The molecule has 0 atom stereocenters. The predicted molar refractivity (Wildman–Crippen MR) is 96.5 cm³/mol. The van der Waals surface area contributed by atoms with Crippen molar-refractivity contribution in [2.45, 2.75) is 6.18 Å². The van der Waals surface area contributed by atoms with Gasteiger partial charge in [0, 0.05) is 11.6 Å². The number of amides is 1. The summed E-state index contributed by atoms with van der Waals surface area (Å²) in [7, 11) is 0. The molecule has 3 aromatic rings. The molecule has 148 valence electrons. The second-order valence-electron chi connectivity index (χ2n) is 6.20. The summed E-state index contributed by atoms with van der Waals surface area (Å²) in [5, 5.41) is 0. The van der Waals surface area contributed by atoms with Crippen molar-refractivity contribution in [3.05, 3.63) is 66.5 Å². The van der Waals surface area contributed by atoms with Gasteiger partial charge in [-0.25, -0.2) is 14.8 Å². The fraction of sp³-hybridized carbons (Fsp3) is 0.150. The van der Waals surface area contributed by atoms with Gasteiger partial charge in [0.25, 0.3) is 0 Å². The lowest BCUT2D eigenvalue weighted by Crippen LogP contribution is -2.40. The number of pyridine rings is 2. The number of ether oxygens (including phenoxy) is 2. The Morgan fingerprint density at radius 3 is 2.79 bits per heavy atom. The zero-order chi connectivity index (χ0) is 20.4. The first-order valence-electron chi connectivity index (χ1n) is 8.69. The van der Waals surface area contributed by atoms with Gasteiger partial charge in [0.05, 0.1) is 17.8 Å². The number of fused-ring (bicyclic) bond motifs is 1. The molecule has 0 radical (unpaired) electrons. The summed E-state index contributed by atoms with van der Waals surface area (Å²) in [5.41, 5.74) is -0.215. The molecule has 0 unspecified atom stereocenters. The third-order valence-corrected chi connectivity index (χ3v) is 4.26. The van der Waals surface area contributed by atoms with E-state index in [0.717, 1.165) is 12.1 Å². The number of hydrogen-bond donors (Lipinski definition) is 0. The van der Waals surface area contributed by atoms with Crippen molar-refractivity contribution < 1.29 is 32.4 Å². The minimum Gasteiger partial charge on any atom is -0.488 e. The SMILES string of the molecule is O=C(Oc1ccc[nH+]c1)N1CCOc2ccc(-c3cccc(C(F)(F)F)c3)nc21. The molecule has 29 heavy (non-hydrogen) atoms. The van der Waals surface area contributed by atoms with Gasteiger partial charge in [0.2, 0.25) is 6.20 Å². The maximum Gasteiger partial charge on any atom is 0.421 e. The summed E-state index contributed by atoms with van der Waals surface area (Å²) in [6, 6.07) is 11.3. The molecular formula is C20H15F3N3O3+. The average Bonchev–Trinajstić information content (AvgIpc) is 2.73. The summed E-state index contributed by atoms with van der Waals surface area (Å²) < 4.78 is 49.9. The number of aromatic amines is 1. The van der Waals surface area contributed by atoms with Crippen molar-refractivity contribution in [2.24, 2.45) is 0 Å². The van der Waals surface area contributed by atoms with E-state index in [1.807, 2.05) is 0 Å². The number of nitrogens with zero attached hydrogens (tertiary/aromatic N) is 2. The molecule has 1 amide bonds. The van der Waals surface area contributed by atoms with E-state index in [-0.39, 0.29) is 30.2 Å². The molecule has 2 aromatic heterocycles. The van der Waals surface area contributed by atoms with Crippen molar-refractivity contribution in [3.8, 4) is 22.8 Å². The molecule has 1 N–H and O–H groups in total. The van der Waals surface area contributed by atoms with Crippen LogP contribution in [-0.2, 0) is 6.18 Å². The number of benzene rings is 1. The van der Waals surface area contributed by atoms with Crippen LogP contribution in [0.1, 0.15) is 5.56 Å². The monoisotopic (exact) mass is 402 g/mol. The highest BCUT2D eigenvalue weighted by Crippen LogP contribution is 2.35. The van der Waals surface area contributed by atoms with Crippen LogP contribution < -0.4 is 19.4 Å². The van der Waals surface area contributed by atoms with Crippen molar-refractivity contribution in [3.63, 3.8) is 0 Å². The van der Waals surface area contributed by atoms with Crippen LogP contribution in [0.5, 0.6) is 11.5 Å². The Kier molecular flexibility index (Phi) is 4.79. The smallest absolute Gasteiger partial charge is 0.421 e. The second-order valence-corrected chi connectivity index (χ2v) is 6.20. The second kappa shape index (κ2) is 7.42. The number of carbonyl (C=O) groups excluding carboxylic acids is 1. The molecule has 1 aliphatic heterocycles. The predicted octanol–water partition coefficient (Wildman–Crippen LogP) is 3.98. The lowest BCUT2D eigenvalue weighted by Gasteiger charge is -2.27. The van der Waals surface area contributed by atoms with Gasteiger partial charge in [-0.1, -0.05) is 12.1 Å². The summed E-state index contributed by atoms with van der Waals surface area (Å²) in [6.07, 6.45) is -1.94. The van der Waals surface area contributed by atoms with E-state index < -0.39 is 17.8 Å². The van der Waals surface area contributed by atoms with Crippen LogP contribution in [0, 0.1) is 0 Å². The number of hydrogen-bond acceptors (Lipinski definition) is 4. The first-order valence-corrected chi connectivity index (χ1v) is 8.69. The first-order chi connectivity index (χ1) is 13.9. The zero-order valence-corrected chi connectivity index (χ0v) is 14.9. The van der Waals surface area contributed by atoms with Crippen LogP contribution in [0.4, 0.5) is 23.8 Å². The van der Waals surface area contributed by atoms with Crippen LogP contribution >= 0.6 is 0 Å². The minimum atomic E-state index is -4.46. The number of alkyl halides is 3. The normalized spacial score (nSPS) is 13.4. The molecule has 0 spiro atoms. The van der Waals surface area contributed by atoms with Gasteiger partial charge in [0.1, 0.15) is 6.61 Å². The van der Waals surface area contributed by atoms with Crippen LogP contribution in [0.25, 0.3) is 11.3 Å². The molecular weight excluding hydrogens is 387 g/mol. The zero-order valence-electron chi connectivity index (χ0n) is 14.9. The van der Waals surface area contributed by atoms with Crippen LogP contribution in [0.15, 0.2) is 60.9 Å². The molecule has 0 fully saturated rings. The summed E-state index contributed by atoms with van der Waals surface area (Å²) in [5.74, 6) is 0.860. The lowest BCUT2D eigenvalue weighted by molar-refractivity contribution is -0.378. The standard InChI is InChI=1S/C20H14F3N3O3/c21-20(22,23)14-4-1-3-13(11-14)16-6-7-17-18(25-16)26(9-10-28-17)19(27)29-15-5-2-8-24-12-15/h1-8,11-12H,9-10H2/p+1. The van der Waals surface area contributed by atoms with Gasteiger partial charge in [-0.3, -0.25) is 4.90 Å². The third kappa shape index (κ3) is 3.98. The number of aromatic nitrogens is 2. The van der Waals surface area contributed by atoms with Gasteiger partial charge in [-0.15, -0.1) is 0 Å². The molecule has 0 saturated carbocycles. The highest BCUT2D eigenvalue weighted by molar-refractivity contribution is 5.90.